The maximum absolute atomic E-state index is 12.3. The summed E-state index contributed by atoms with van der Waals surface area (Å²) in [4.78, 5) is 12.3. The smallest absolute Gasteiger partial charge is 0.255 e. The summed E-state index contributed by atoms with van der Waals surface area (Å²) in [6.45, 7) is 1.89. The number of ether oxygens (including phenoxy) is 2. The lowest BCUT2D eigenvalue weighted by molar-refractivity contribution is 0.102. The largest absolute Gasteiger partial charge is 0.496 e. The van der Waals surface area contributed by atoms with Gasteiger partial charge in [-0.3, -0.25) is 4.79 Å². The molecule has 0 bridgehead atoms. The molecule has 0 unspecified atom stereocenters. The fourth-order valence-corrected chi connectivity index (χ4v) is 2.31. The van der Waals surface area contributed by atoms with Gasteiger partial charge < -0.3 is 14.8 Å². The molecule has 0 spiro atoms. The SMILES string of the molecule is COc1cc(C(=O)Nc2ccc(I)cc2)cc(OC)c1C. The second-order valence-electron chi connectivity index (χ2n) is 4.47. The summed E-state index contributed by atoms with van der Waals surface area (Å²) in [5.41, 5.74) is 2.11. The van der Waals surface area contributed by atoms with Gasteiger partial charge >= 0.3 is 0 Å². The highest BCUT2D eigenvalue weighted by atomic mass is 127. The van der Waals surface area contributed by atoms with Crippen molar-refractivity contribution in [3.63, 3.8) is 0 Å². The van der Waals surface area contributed by atoms with Crippen LogP contribution in [0.2, 0.25) is 0 Å². The molecule has 5 heteroatoms. The van der Waals surface area contributed by atoms with Crippen LogP contribution in [0.1, 0.15) is 15.9 Å². The maximum atomic E-state index is 12.3. The average molecular weight is 397 g/mol. The van der Waals surface area contributed by atoms with E-state index in [-0.39, 0.29) is 5.91 Å². The monoisotopic (exact) mass is 397 g/mol. The molecule has 0 atom stereocenters. The van der Waals surface area contributed by atoms with Crippen molar-refractivity contribution < 1.29 is 14.3 Å². The van der Waals surface area contributed by atoms with E-state index in [0.29, 0.717) is 17.1 Å². The molecule has 0 saturated heterocycles. The number of benzene rings is 2. The van der Waals surface area contributed by atoms with Crippen LogP contribution < -0.4 is 14.8 Å². The van der Waals surface area contributed by atoms with Gasteiger partial charge in [0.25, 0.3) is 5.91 Å². The van der Waals surface area contributed by atoms with Crippen LogP contribution in [-0.2, 0) is 0 Å². The molecule has 0 aliphatic heterocycles. The number of methoxy groups -OCH3 is 2. The molecule has 2 aromatic rings. The van der Waals surface area contributed by atoms with E-state index < -0.39 is 0 Å². The van der Waals surface area contributed by atoms with Crippen molar-refractivity contribution in [2.24, 2.45) is 0 Å². The second kappa shape index (κ2) is 6.80. The van der Waals surface area contributed by atoms with Crippen molar-refractivity contribution in [2.45, 2.75) is 6.92 Å². The molecule has 21 heavy (non-hydrogen) atoms. The van der Waals surface area contributed by atoms with Crippen LogP contribution in [0.5, 0.6) is 11.5 Å². The van der Waals surface area contributed by atoms with E-state index in [4.69, 9.17) is 9.47 Å². The Morgan fingerprint density at radius 3 is 2.05 bits per heavy atom. The topological polar surface area (TPSA) is 47.6 Å². The first-order chi connectivity index (χ1) is 10.0. The van der Waals surface area contributed by atoms with E-state index in [9.17, 15) is 4.79 Å². The van der Waals surface area contributed by atoms with Crippen LogP contribution in [0, 0.1) is 10.5 Å². The Balaban J connectivity index is 2.28. The maximum Gasteiger partial charge on any atom is 0.255 e. The molecule has 0 saturated carbocycles. The molecule has 0 aliphatic carbocycles. The number of nitrogens with one attached hydrogen (secondary N) is 1. The van der Waals surface area contributed by atoms with Crippen LogP contribution >= 0.6 is 22.6 Å². The van der Waals surface area contributed by atoms with Gasteiger partial charge in [-0.25, -0.2) is 0 Å². The highest BCUT2D eigenvalue weighted by Gasteiger charge is 2.13. The van der Waals surface area contributed by atoms with E-state index in [1.807, 2.05) is 31.2 Å². The minimum atomic E-state index is -0.201. The number of amides is 1. The first kappa shape index (κ1) is 15.6. The molecule has 4 nitrogen and oxygen atoms in total. The first-order valence-electron chi connectivity index (χ1n) is 6.34. The van der Waals surface area contributed by atoms with Crippen LogP contribution in [0.15, 0.2) is 36.4 Å². The quantitative estimate of drug-likeness (QED) is 0.797. The van der Waals surface area contributed by atoms with Crippen molar-refractivity contribution >= 4 is 34.2 Å². The van der Waals surface area contributed by atoms with E-state index in [2.05, 4.69) is 27.9 Å². The van der Waals surface area contributed by atoms with Crippen LogP contribution in [0.4, 0.5) is 5.69 Å². The number of rotatable bonds is 4. The standard InChI is InChI=1S/C16H16INO3/c1-10-14(20-2)8-11(9-15(10)21-3)16(19)18-13-6-4-12(17)5-7-13/h4-9H,1-3H3,(H,18,19). The Kier molecular flexibility index (Phi) is 5.06. The first-order valence-corrected chi connectivity index (χ1v) is 7.42. The highest BCUT2D eigenvalue weighted by Crippen LogP contribution is 2.29. The Morgan fingerprint density at radius 2 is 1.57 bits per heavy atom. The zero-order valence-electron chi connectivity index (χ0n) is 12.1. The fraction of sp³-hybridized carbons (Fsp3) is 0.188. The molecule has 0 aromatic heterocycles. The number of hydrogen-bond acceptors (Lipinski definition) is 3. The van der Waals surface area contributed by atoms with Gasteiger partial charge in [0, 0.05) is 20.4 Å². The van der Waals surface area contributed by atoms with Crippen molar-refractivity contribution in [1.29, 1.82) is 0 Å². The van der Waals surface area contributed by atoms with E-state index in [1.165, 1.54) is 0 Å². The van der Waals surface area contributed by atoms with E-state index in [1.54, 1.807) is 26.4 Å². The van der Waals surface area contributed by atoms with Crippen molar-refractivity contribution in [2.75, 3.05) is 19.5 Å². The van der Waals surface area contributed by atoms with E-state index >= 15 is 0 Å². The number of carbonyl (C=O) groups is 1. The van der Waals surface area contributed by atoms with Gasteiger partial charge in [-0.15, -0.1) is 0 Å². The number of anilines is 1. The zero-order chi connectivity index (χ0) is 15.4. The van der Waals surface area contributed by atoms with Gasteiger partial charge in [0.05, 0.1) is 14.2 Å². The molecule has 0 fully saturated rings. The molecule has 2 rings (SSSR count). The molecule has 0 radical (unpaired) electrons. The molecular formula is C16H16INO3. The molecule has 0 aliphatic rings. The van der Waals surface area contributed by atoms with Gasteiger partial charge in [0.2, 0.25) is 0 Å². The number of halogens is 1. The summed E-state index contributed by atoms with van der Waals surface area (Å²) in [5.74, 6) is 1.05. The second-order valence-corrected chi connectivity index (χ2v) is 5.71. The summed E-state index contributed by atoms with van der Waals surface area (Å²) in [6.07, 6.45) is 0. The van der Waals surface area contributed by atoms with Crippen molar-refractivity contribution in [3.05, 3.63) is 51.1 Å². The lowest BCUT2D eigenvalue weighted by Gasteiger charge is -2.12. The molecule has 1 N–H and O–H groups in total. The summed E-state index contributed by atoms with van der Waals surface area (Å²) < 4.78 is 11.7. The third kappa shape index (κ3) is 3.66. The number of hydrogen-bond donors (Lipinski definition) is 1. The Labute approximate surface area is 137 Å². The third-order valence-electron chi connectivity index (χ3n) is 3.12. The van der Waals surface area contributed by atoms with Crippen LogP contribution in [-0.4, -0.2) is 20.1 Å². The average Bonchev–Trinajstić information content (AvgIpc) is 2.49. The Hall–Kier alpha value is -1.76. The van der Waals surface area contributed by atoms with Gasteiger partial charge in [-0.2, -0.15) is 0 Å². The van der Waals surface area contributed by atoms with Gasteiger partial charge in [-0.1, -0.05) is 0 Å². The highest BCUT2D eigenvalue weighted by molar-refractivity contribution is 14.1. The summed E-state index contributed by atoms with van der Waals surface area (Å²) in [5, 5.41) is 2.85. The summed E-state index contributed by atoms with van der Waals surface area (Å²) in [6, 6.07) is 11.0. The predicted octanol–water partition coefficient (Wildman–Crippen LogP) is 3.87. The minimum absolute atomic E-state index is 0.201. The molecular weight excluding hydrogens is 381 g/mol. The lowest BCUT2D eigenvalue weighted by Crippen LogP contribution is -2.12. The molecule has 1 amide bonds. The Morgan fingerprint density at radius 1 is 1.05 bits per heavy atom. The van der Waals surface area contributed by atoms with Crippen molar-refractivity contribution in [1.82, 2.24) is 0 Å². The van der Waals surface area contributed by atoms with Gasteiger partial charge in [-0.05, 0) is 65.9 Å². The molecule has 0 heterocycles. The van der Waals surface area contributed by atoms with Gasteiger partial charge in [0.15, 0.2) is 0 Å². The van der Waals surface area contributed by atoms with E-state index in [0.717, 1.165) is 14.8 Å². The predicted molar refractivity (Wildman–Crippen MR) is 91.4 cm³/mol. The minimum Gasteiger partial charge on any atom is -0.496 e. The lowest BCUT2D eigenvalue weighted by atomic mass is 10.1. The summed E-state index contributed by atoms with van der Waals surface area (Å²) in [7, 11) is 3.14. The van der Waals surface area contributed by atoms with Crippen LogP contribution in [0.25, 0.3) is 0 Å². The normalized spacial score (nSPS) is 10.1. The summed E-state index contributed by atoms with van der Waals surface area (Å²) >= 11 is 2.22. The third-order valence-corrected chi connectivity index (χ3v) is 3.84. The fourth-order valence-electron chi connectivity index (χ4n) is 1.95. The number of carbonyl (C=O) groups excluding carboxylic acids is 1. The van der Waals surface area contributed by atoms with Crippen molar-refractivity contribution in [3.8, 4) is 11.5 Å². The van der Waals surface area contributed by atoms with Gasteiger partial charge in [0.1, 0.15) is 11.5 Å². The zero-order valence-corrected chi connectivity index (χ0v) is 14.2. The molecule has 110 valence electrons. The Bertz CT molecular complexity index is 628. The van der Waals surface area contributed by atoms with Crippen LogP contribution in [0.3, 0.4) is 0 Å². The molecule has 2 aromatic carbocycles.